The van der Waals surface area contributed by atoms with Crippen LogP contribution in [0.15, 0.2) is 48.5 Å². The van der Waals surface area contributed by atoms with Gasteiger partial charge in [-0.3, -0.25) is 4.79 Å². The molecule has 0 aromatic heterocycles. The largest absolute Gasteiger partial charge is 0.492 e. The summed E-state index contributed by atoms with van der Waals surface area (Å²) in [6.45, 7) is 2.82. The van der Waals surface area contributed by atoms with Crippen molar-refractivity contribution in [3.8, 4) is 5.75 Å². The lowest BCUT2D eigenvalue weighted by molar-refractivity contribution is 0.0773. The first-order chi connectivity index (χ1) is 10.1. The van der Waals surface area contributed by atoms with Gasteiger partial charge in [0.2, 0.25) is 0 Å². The van der Waals surface area contributed by atoms with Crippen LogP contribution in [0.4, 0.5) is 4.39 Å². The fraction of sp³-hybridized carbons (Fsp3) is 0.235. The summed E-state index contributed by atoms with van der Waals surface area (Å²) in [5, 5.41) is 0. The van der Waals surface area contributed by atoms with E-state index in [1.165, 1.54) is 23.1 Å². The Balaban J connectivity index is 1.87. The Morgan fingerprint density at radius 2 is 1.95 bits per heavy atom. The van der Waals surface area contributed by atoms with Gasteiger partial charge in [-0.2, -0.15) is 0 Å². The molecule has 21 heavy (non-hydrogen) atoms. The van der Waals surface area contributed by atoms with E-state index in [1.54, 1.807) is 13.1 Å². The molecule has 0 heterocycles. The molecule has 0 radical (unpaired) electrons. The number of rotatable bonds is 5. The van der Waals surface area contributed by atoms with E-state index in [0.717, 1.165) is 11.3 Å². The summed E-state index contributed by atoms with van der Waals surface area (Å²) in [5.41, 5.74) is 1.46. The molecule has 1 amide bonds. The van der Waals surface area contributed by atoms with Crippen molar-refractivity contribution in [1.82, 2.24) is 4.90 Å². The third-order valence-electron chi connectivity index (χ3n) is 3.10. The first-order valence-corrected chi connectivity index (χ1v) is 6.77. The number of amides is 1. The summed E-state index contributed by atoms with van der Waals surface area (Å²) in [6, 6.07) is 13.4. The van der Waals surface area contributed by atoms with E-state index >= 15 is 0 Å². The second-order valence-corrected chi connectivity index (χ2v) is 4.90. The van der Waals surface area contributed by atoms with Gasteiger partial charge in [-0.05, 0) is 42.8 Å². The predicted molar refractivity (Wildman–Crippen MR) is 80.0 cm³/mol. The second-order valence-electron chi connectivity index (χ2n) is 4.90. The van der Waals surface area contributed by atoms with Gasteiger partial charge in [0.05, 0.1) is 6.54 Å². The van der Waals surface area contributed by atoms with Crippen LogP contribution in [0.25, 0.3) is 0 Å². The Hall–Kier alpha value is -2.36. The number of aryl methyl sites for hydroxylation is 1. The maximum absolute atomic E-state index is 13.1. The van der Waals surface area contributed by atoms with Crippen molar-refractivity contribution in [3.63, 3.8) is 0 Å². The average Bonchev–Trinajstić information content (AvgIpc) is 2.46. The van der Waals surface area contributed by atoms with Crippen LogP contribution in [0, 0.1) is 12.7 Å². The Kier molecular flexibility index (Phi) is 4.93. The molecule has 0 spiro atoms. The molecule has 0 atom stereocenters. The molecule has 110 valence electrons. The molecular weight excluding hydrogens is 269 g/mol. The van der Waals surface area contributed by atoms with Crippen LogP contribution in [0.3, 0.4) is 0 Å². The highest BCUT2D eigenvalue weighted by Gasteiger charge is 2.12. The molecule has 0 aliphatic rings. The Morgan fingerprint density at radius 1 is 1.19 bits per heavy atom. The van der Waals surface area contributed by atoms with Gasteiger partial charge in [0.1, 0.15) is 18.2 Å². The minimum atomic E-state index is -0.412. The fourth-order valence-electron chi connectivity index (χ4n) is 1.95. The van der Waals surface area contributed by atoms with E-state index in [0.29, 0.717) is 18.7 Å². The minimum absolute atomic E-state index is 0.220. The number of ether oxygens (including phenoxy) is 1. The summed E-state index contributed by atoms with van der Waals surface area (Å²) in [7, 11) is 1.67. The number of benzene rings is 2. The number of hydrogen-bond donors (Lipinski definition) is 0. The molecule has 2 rings (SSSR count). The predicted octanol–water partition coefficient (Wildman–Crippen LogP) is 3.29. The third kappa shape index (κ3) is 4.31. The standard InChI is InChI=1S/C17H18FNO2/c1-13-5-3-8-16(11-13)21-10-9-19(2)17(20)14-6-4-7-15(18)12-14/h3-8,11-12H,9-10H2,1-2H3. The zero-order valence-corrected chi connectivity index (χ0v) is 12.2. The molecule has 0 aliphatic carbocycles. The average molecular weight is 287 g/mol. The van der Waals surface area contributed by atoms with E-state index < -0.39 is 5.82 Å². The zero-order chi connectivity index (χ0) is 15.2. The molecule has 0 aliphatic heterocycles. The quantitative estimate of drug-likeness (QED) is 0.844. The van der Waals surface area contributed by atoms with E-state index in [4.69, 9.17) is 4.74 Å². The summed E-state index contributed by atoms with van der Waals surface area (Å²) < 4.78 is 18.7. The Labute approximate surface area is 124 Å². The van der Waals surface area contributed by atoms with Crippen LogP contribution in [0.1, 0.15) is 15.9 Å². The SMILES string of the molecule is Cc1cccc(OCCN(C)C(=O)c2cccc(F)c2)c1. The summed E-state index contributed by atoms with van der Waals surface area (Å²) in [5.74, 6) is 0.147. The Morgan fingerprint density at radius 3 is 2.67 bits per heavy atom. The van der Waals surface area contributed by atoms with Crippen molar-refractivity contribution in [1.29, 1.82) is 0 Å². The summed E-state index contributed by atoms with van der Waals surface area (Å²) >= 11 is 0. The van der Waals surface area contributed by atoms with Gasteiger partial charge < -0.3 is 9.64 Å². The number of hydrogen-bond acceptors (Lipinski definition) is 2. The number of carbonyl (C=O) groups excluding carboxylic acids is 1. The molecule has 0 saturated heterocycles. The fourth-order valence-corrected chi connectivity index (χ4v) is 1.95. The highest BCUT2D eigenvalue weighted by atomic mass is 19.1. The number of nitrogens with zero attached hydrogens (tertiary/aromatic N) is 1. The van der Waals surface area contributed by atoms with Crippen molar-refractivity contribution < 1.29 is 13.9 Å². The molecule has 0 N–H and O–H groups in total. The number of halogens is 1. The van der Waals surface area contributed by atoms with Gasteiger partial charge >= 0.3 is 0 Å². The van der Waals surface area contributed by atoms with E-state index in [9.17, 15) is 9.18 Å². The maximum Gasteiger partial charge on any atom is 0.253 e. The van der Waals surface area contributed by atoms with Crippen LogP contribution in [-0.2, 0) is 0 Å². The zero-order valence-electron chi connectivity index (χ0n) is 12.2. The van der Waals surface area contributed by atoms with Crippen LogP contribution >= 0.6 is 0 Å². The lowest BCUT2D eigenvalue weighted by atomic mass is 10.2. The van der Waals surface area contributed by atoms with Gasteiger partial charge in [-0.25, -0.2) is 4.39 Å². The smallest absolute Gasteiger partial charge is 0.253 e. The Bertz CT molecular complexity index is 628. The first-order valence-electron chi connectivity index (χ1n) is 6.77. The second kappa shape index (κ2) is 6.88. The summed E-state index contributed by atoms with van der Waals surface area (Å²) in [6.07, 6.45) is 0. The summed E-state index contributed by atoms with van der Waals surface area (Å²) in [4.78, 5) is 13.6. The van der Waals surface area contributed by atoms with E-state index in [2.05, 4.69) is 0 Å². The van der Waals surface area contributed by atoms with Crippen molar-refractivity contribution >= 4 is 5.91 Å². The molecule has 0 saturated carbocycles. The molecule has 0 unspecified atom stereocenters. The maximum atomic E-state index is 13.1. The van der Waals surface area contributed by atoms with Crippen molar-refractivity contribution in [2.24, 2.45) is 0 Å². The van der Waals surface area contributed by atoms with Gasteiger partial charge in [0, 0.05) is 12.6 Å². The van der Waals surface area contributed by atoms with Crippen LogP contribution in [0.2, 0.25) is 0 Å². The molecule has 4 heteroatoms. The molecule has 0 bridgehead atoms. The lowest BCUT2D eigenvalue weighted by Gasteiger charge is -2.17. The molecule has 2 aromatic carbocycles. The van der Waals surface area contributed by atoms with Crippen LogP contribution in [-0.4, -0.2) is 31.0 Å². The highest BCUT2D eigenvalue weighted by Crippen LogP contribution is 2.12. The highest BCUT2D eigenvalue weighted by molar-refractivity contribution is 5.94. The molecule has 3 nitrogen and oxygen atoms in total. The number of carbonyl (C=O) groups is 1. The van der Waals surface area contributed by atoms with E-state index in [-0.39, 0.29) is 5.91 Å². The van der Waals surface area contributed by atoms with Gasteiger partial charge in [0.25, 0.3) is 5.91 Å². The van der Waals surface area contributed by atoms with Crippen LogP contribution in [0.5, 0.6) is 5.75 Å². The van der Waals surface area contributed by atoms with Gasteiger partial charge in [-0.1, -0.05) is 18.2 Å². The van der Waals surface area contributed by atoms with E-state index in [1.807, 2.05) is 31.2 Å². The van der Waals surface area contributed by atoms with Crippen molar-refractivity contribution in [2.45, 2.75) is 6.92 Å². The van der Waals surface area contributed by atoms with Crippen molar-refractivity contribution in [3.05, 3.63) is 65.5 Å². The van der Waals surface area contributed by atoms with Gasteiger partial charge in [0.15, 0.2) is 0 Å². The first kappa shape index (κ1) is 15.0. The number of likely N-dealkylation sites (N-methyl/N-ethyl adjacent to an activating group) is 1. The van der Waals surface area contributed by atoms with Crippen molar-refractivity contribution in [2.75, 3.05) is 20.2 Å². The normalized spacial score (nSPS) is 10.2. The van der Waals surface area contributed by atoms with Gasteiger partial charge in [-0.15, -0.1) is 0 Å². The molecular formula is C17H18FNO2. The monoisotopic (exact) mass is 287 g/mol. The minimum Gasteiger partial charge on any atom is -0.492 e. The lowest BCUT2D eigenvalue weighted by Crippen LogP contribution is -2.30. The molecule has 2 aromatic rings. The van der Waals surface area contributed by atoms with Crippen LogP contribution < -0.4 is 4.74 Å². The third-order valence-corrected chi connectivity index (χ3v) is 3.10. The topological polar surface area (TPSA) is 29.5 Å². The molecule has 0 fully saturated rings.